The second-order valence-electron chi connectivity index (χ2n) is 4.57. The van der Waals surface area contributed by atoms with Crippen LogP contribution in [0.1, 0.15) is 31.7 Å². The van der Waals surface area contributed by atoms with Crippen LogP contribution in [0, 0.1) is 0 Å². The van der Waals surface area contributed by atoms with Gasteiger partial charge in [-0.05, 0) is 50.3 Å². The van der Waals surface area contributed by atoms with E-state index in [0.29, 0.717) is 0 Å². The van der Waals surface area contributed by atoms with E-state index in [-0.39, 0.29) is 12.6 Å². The first kappa shape index (κ1) is 14.0. The van der Waals surface area contributed by atoms with Gasteiger partial charge >= 0.3 is 0 Å². The molecule has 0 spiro atoms. The quantitative estimate of drug-likeness (QED) is 0.606. The molecule has 0 fully saturated rings. The molecule has 1 unspecified atom stereocenters. The number of hydrogen-bond acceptors (Lipinski definition) is 3. The van der Waals surface area contributed by atoms with E-state index in [2.05, 4.69) is 29.6 Å². The van der Waals surface area contributed by atoms with Crippen LogP contribution in [-0.2, 0) is 6.42 Å². The van der Waals surface area contributed by atoms with Gasteiger partial charge in [0.25, 0.3) is 0 Å². The van der Waals surface area contributed by atoms with Crippen LogP contribution in [0.3, 0.4) is 0 Å². The van der Waals surface area contributed by atoms with Gasteiger partial charge in [0, 0.05) is 24.9 Å². The Labute approximate surface area is 104 Å². The van der Waals surface area contributed by atoms with Gasteiger partial charge in [0.2, 0.25) is 0 Å². The van der Waals surface area contributed by atoms with Crippen LogP contribution in [0.25, 0.3) is 0 Å². The van der Waals surface area contributed by atoms with Gasteiger partial charge in [-0.3, -0.25) is 0 Å². The molecule has 0 saturated carbocycles. The van der Waals surface area contributed by atoms with Gasteiger partial charge in [0.15, 0.2) is 0 Å². The summed E-state index contributed by atoms with van der Waals surface area (Å²) in [6.07, 6.45) is 3.94. The number of nitrogens with two attached hydrogens (primary N) is 1. The highest BCUT2D eigenvalue weighted by Gasteiger charge is 1.97. The average molecular weight is 236 g/mol. The van der Waals surface area contributed by atoms with Crippen molar-refractivity contribution >= 4 is 5.69 Å². The fourth-order valence-corrected chi connectivity index (χ4v) is 1.65. The lowest BCUT2D eigenvalue weighted by Gasteiger charge is -2.08. The molecule has 0 aliphatic heterocycles. The molecule has 0 aliphatic carbocycles. The molecule has 0 bridgehead atoms. The Morgan fingerprint density at radius 3 is 2.53 bits per heavy atom. The van der Waals surface area contributed by atoms with Crippen LogP contribution in [0.15, 0.2) is 24.3 Å². The van der Waals surface area contributed by atoms with Gasteiger partial charge in [-0.2, -0.15) is 0 Å². The van der Waals surface area contributed by atoms with Crippen molar-refractivity contribution in [2.45, 2.75) is 38.6 Å². The maximum absolute atomic E-state index is 8.67. The minimum absolute atomic E-state index is 0.270. The Morgan fingerprint density at radius 1 is 1.24 bits per heavy atom. The third-order valence-electron chi connectivity index (χ3n) is 2.76. The molecule has 96 valence electrons. The second kappa shape index (κ2) is 8.09. The molecule has 1 aromatic rings. The molecule has 3 heteroatoms. The largest absolute Gasteiger partial charge is 0.396 e. The van der Waals surface area contributed by atoms with Crippen LogP contribution < -0.4 is 11.1 Å². The summed E-state index contributed by atoms with van der Waals surface area (Å²) < 4.78 is 0. The smallest absolute Gasteiger partial charge is 0.0431 e. The fourth-order valence-electron chi connectivity index (χ4n) is 1.65. The number of nitrogens with one attached hydrogen (secondary N) is 1. The Hall–Kier alpha value is -1.06. The maximum atomic E-state index is 8.67. The topological polar surface area (TPSA) is 58.3 Å². The highest BCUT2D eigenvalue weighted by atomic mass is 16.2. The number of unbranched alkanes of at least 4 members (excludes halogenated alkanes) is 1. The molecule has 0 aliphatic rings. The van der Waals surface area contributed by atoms with Crippen LogP contribution in [-0.4, -0.2) is 24.3 Å². The molecular formula is C14H24N2O. The maximum Gasteiger partial charge on any atom is 0.0431 e. The predicted molar refractivity (Wildman–Crippen MR) is 73.2 cm³/mol. The van der Waals surface area contributed by atoms with Crippen LogP contribution in [0.2, 0.25) is 0 Å². The summed E-state index contributed by atoms with van der Waals surface area (Å²) in [5.41, 5.74) is 8.21. The summed E-state index contributed by atoms with van der Waals surface area (Å²) in [6, 6.07) is 8.78. The van der Waals surface area contributed by atoms with E-state index in [1.165, 1.54) is 5.56 Å². The van der Waals surface area contributed by atoms with Crippen molar-refractivity contribution in [2.75, 3.05) is 18.5 Å². The molecule has 4 N–H and O–H groups in total. The van der Waals surface area contributed by atoms with Crippen molar-refractivity contribution in [1.29, 1.82) is 0 Å². The number of aliphatic hydroxyl groups excluding tert-OH is 1. The third-order valence-corrected chi connectivity index (χ3v) is 2.76. The first-order chi connectivity index (χ1) is 8.22. The van der Waals surface area contributed by atoms with E-state index in [0.717, 1.165) is 37.9 Å². The number of anilines is 1. The fraction of sp³-hybridized carbons (Fsp3) is 0.571. The molecule has 0 heterocycles. The average Bonchev–Trinajstić information content (AvgIpc) is 2.33. The third kappa shape index (κ3) is 6.29. The minimum Gasteiger partial charge on any atom is -0.396 e. The highest BCUT2D eigenvalue weighted by Crippen LogP contribution is 2.11. The number of aliphatic hydroxyl groups is 1. The number of rotatable bonds is 8. The van der Waals surface area contributed by atoms with Gasteiger partial charge in [-0.15, -0.1) is 0 Å². The summed E-state index contributed by atoms with van der Waals surface area (Å²) in [6.45, 7) is 3.23. The number of benzene rings is 1. The molecule has 0 radical (unpaired) electrons. The van der Waals surface area contributed by atoms with Crippen molar-refractivity contribution in [3.05, 3.63) is 29.8 Å². The Balaban J connectivity index is 2.29. The van der Waals surface area contributed by atoms with Crippen molar-refractivity contribution in [3.8, 4) is 0 Å². The lowest BCUT2D eigenvalue weighted by atomic mass is 10.1. The normalized spacial score (nSPS) is 12.4. The SMILES string of the molecule is CC(N)CCc1ccc(NCCCCO)cc1. The van der Waals surface area contributed by atoms with Crippen LogP contribution in [0.4, 0.5) is 5.69 Å². The zero-order chi connectivity index (χ0) is 12.5. The number of aryl methyl sites for hydroxylation is 1. The summed E-state index contributed by atoms with van der Waals surface area (Å²) in [5, 5.41) is 12.0. The van der Waals surface area contributed by atoms with E-state index in [1.54, 1.807) is 0 Å². The number of hydrogen-bond donors (Lipinski definition) is 3. The van der Waals surface area contributed by atoms with Crippen molar-refractivity contribution < 1.29 is 5.11 Å². The van der Waals surface area contributed by atoms with Crippen molar-refractivity contribution in [3.63, 3.8) is 0 Å². The van der Waals surface area contributed by atoms with Gasteiger partial charge in [-0.1, -0.05) is 12.1 Å². The molecule has 0 amide bonds. The molecule has 1 atom stereocenters. The van der Waals surface area contributed by atoms with Gasteiger partial charge in [0.1, 0.15) is 0 Å². The zero-order valence-corrected chi connectivity index (χ0v) is 10.7. The lowest BCUT2D eigenvalue weighted by Crippen LogP contribution is -2.15. The Morgan fingerprint density at radius 2 is 1.94 bits per heavy atom. The zero-order valence-electron chi connectivity index (χ0n) is 10.7. The summed E-state index contributed by atoms with van der Waals surface area (Å²) in [4.78, 5) is 0. The summed E-state index contributed by atoms with van der Waals surface area (Å²) in [7, 11) is 0. The molecule has 1 rings (SSSR count). The first-order valence-corrected chi connectivity index (χ1v) is 6.41. The Kier molecular flexibility index (Phi) is 6.67. The van der Waals surface area contributed by atoms with Crippen LogP contribution >= 0.6 is 0 Å². The molecule has 0 saturated heterocycles. The van der Waals surface area contributed by atoms with E-state index in [4.69, 9.17) is 10.8 Å². The standard InChI is InChI=1S/C14H24N2O/c1-12(15)4-5-13-6-8-14(9-7-13)16-10-2-3-11-17/h6-9,12,16-17H,2-5,10-11,15H2,1H3. The molecule has 0 aromatic heterocycles. The Bertz CT molecular complexity index is 296. The summed E-state index contributed by atoms with van der Waals surface area (Å²) >= 11 is 0. The van der Waals surface area contributed by atoms with E-state index in [9.17, 15) is 0 Å². The monoisotopic (exact) mass is 236 g/mol. The van der Waals surface area contributed by atoms with Gasteiger partial charge in [0.05, 0.1) is 0 Å². The van der Waals surface area contributed by atoms with Crippen molar-refractivity contribution in [2.24, 2.45) is 5.73 Å². The van der Waals surface area contributed by atoms with Gasteiger partial charge in [-0.25, -0.2) is 0 Å². The van der Waals surface area contributed by atoms with Crippen LogP contribution in [0.5, 0.6) is 0 Å². The van der Waals surface area contributed by atoms with Crippen molar-refractivity contribution in [1.82, 2.24) is 0 Å². The molecule has 17 heavy (non-hydrogen) atoms. The van der Waals surface area contributed by atoms with Gasteiger partial charge < -0.3 is 16.2 Å². The second-order valence-corrected chi connectivity index (χ2v) is 4.57. The van der Waals surface area contributed by atoms with E-state index >= 15 is 0 Å². The molecular weight excluding hydrogens is 212 g/mol. The highest BCUT2D eigenvalue weighted by molar-refractivity contribution is 5.44. The van der Waals surface area contributed by atoms with E-state index in [1.807, 2.05) is 6.92 Å². The predicted octanol–water partition coefficient (Wildman–Crippen LogP) is 2.15. The van der Waals surface area contributed by atoms with E-state index < -0.39 is 0 Å². The first-order valence-electron chi connectivity index (χ1n) is 6.41. The minimum atomic E-state index is 0.270. The molecule has 1 aromatic carbocycles. The summed E-state index contributed by atoms with van der Waals surface area (Å²) in [5.74, 6) is 0. The lowest BCUT2D eigenvalue weighted by molar-refractivity contribution is 0.286. The molecule has 3 nitrogen and oxygen atoms in total.